The lowest BCUT2D eigenvalue weighted by molar-refractivity contribution is -0.305. The third kappa shape index (κ3) is 32.2. The molecule has 0 saturated carbocycles. The number of allylic oxidation sites excluding steroid dienone is 9. The Hall–Kier alpha value is -2.64. The van der Waals surface area contributed by atoms with Crippen molar-refractivity contribution in [3.63, 3.8) is 0 Å². The van der Waals surface area contributed by atoms with Crippen molar-refractivity contribution in [3.05, 3.63) is 60.8 Å². The average Bonchev–Trinajstić information content (AvgIpc) is 3.31. The monoisotopic (exact) mass is 932 g/mol. The summed E-state index contributed by atoms with van der Waals surface area (Å²) in [6.45, 7) is 5.58. The van der Waals surface area contributed by atoms with Crippen molar-refractivity contribution in [2.24, 2.45) is 0 Å². The third-order valence-electron chi connectivity index (χ3n) is 12.3. The van der Waals surface area contributed by atoms with Gasteiger partial charge in [-0.15, -0.1) is 0 Å². The number of amides is 1. The molecule has 1 rings (SSSR count). The summed E-state index contributed by atoms with van der Waals surface area (Å²) in [6, 6.07) is -1.04. The Bertz CT molecular complexity index is 1300. The molecule has 1 aliphatic heterocycles. The summed E-state index contributed by atoms with van der Waals surface area (Å²) in [5, 5.41) is 56.5. The van der Waals surface area contributed by atoms with Gasteiger partial charge in [-0.1, -0.05) is 223 Å². The summed E-state index contributed by atoms with van der Waals surface area (Å²) in [4.78, 5) is 26.3. The number of aliphatic hydroxyl groups excluding tert-OH is 5. The van der Waals surface area contributed by atoms with Gasteiger partial charge < -0.3 is 45.1 Å². The van der Waals surface area contributed by atoms with Crippen LogP contribution in [0.15, 0.2) is 60.8 Å². The lowest BCUT2D eigenvalue weighted by atomic mass is 9.99. The maximum atomic E-state index is 13.3. The first-order valence-corrected chi connectivity index (χ1v) is 26.6. The summed E-state index contributed by atoms with van der Waals surface area (Å²) < 4.78 is 17.5. The fourth-order valence-corrected chi connectivity index (χ4v) is 8.01. The molecule has 0 aliphatic carbocycles. The minimum atomic E-state index is -1.62. The van der Waals surface area contributed by atoms with Crippen molar-refractivity contribution in [2.45, 2.75) is 262 Å². The van der Waals surface area contributed by atoms with Crippen LogP contribution in [0.25, 0.3) is 0 Å². The Morgan fingerprint density at radius 2 is 1.09 bits per heavy atom. The second kappa shape index (κ2) is 43.6. The number of hydrogen-bond acceptors (Lipinski definition) is 10. The fourth-order valence-electron chi connectivity index (χ4n) is 8.01. The van der Waals surface area contributed by atoms with Gasteiger partial charge in [0.15, 0.2) is 12.4 Å². The van der Waals surface area contributed by atoms with Crippen LogP contribution in [0, 0.1) is 0 Å². The number of rotatable bonds is 43. The van der Waals surface area contributed by atoms with E-state index in [9.17, 15) is 35.1 Å². The van der Waals surface area contributed by atoms with Gasteiger partial charge in [0, 0.05) is 6.42 Å². The van der Waals surface area contributed by atoms with Crippen LogP contribution in [0.5, 0.6) is 0 Å². The molecule has 8 atom stereocenters. The van der Waals surface area contributed by atoms with E-state index in [0.29, 0.717) is 12.8 Å². The molecule has 11 heteroatoms. The van der Waals surface area contributed by atoms with Crippen molar-refractivity contribution in [2.75, 3.05) is 13.2 Å². The summed E-state index contributed by atoms with van der Waals surface area (Å²) in [5.74, 6) is -1.24. The van der Waals surface area contributed by atoms with E-state index in [1.807, 2.05) is 48.6 Å². The molecule has 1 fully saturated rings. The van der Waals surface area contributed by atoms with Crippen LogP contribution < -0.4 is 5.32 Å². The highest BCUT2D eigenvalue weighted by atomic mass is 16.7. The molecule has 382 valence electrons. The predicted octanol–water partition coefficient (Wildman–Crippen LogP) is 11.1. The van der Waals surface area contributed by atoms with E-state index in [1.165, 1.54) is 109 Å². The summed E-state index contributed by atoms with van der Waals surface area (Å²) in [6.07, 6.45) is 41.3. The van der Waals surface area contributed by atoms with Crippen LogP contribution in [0.2, 0.25) is 0 Å². The van der Waals surface area contributed by atoms with Crippen molar-refractivity contribution in [1.29, 1.82) is 0 Å². The Morgan fingerprint density at radius 3 is 1.64 bits per heavy atom. The maximum absolute atomic E-state index is 13.3. The molecule has 0 aromatic carbocycles. The van der Waals surface area contributed by atoms with E-state index >= 15 is 0 Å². The smallest absolute Gasteiger partial charge is 0.306 e. The minimum absolute atomic E-state index is 0.120. The molecule has 66 heavy (non-hydrogen) atoms. The fraction of sp³-hybridized carbons (Fsp3) is 0.782. The van der Waals surface area contributed by atoms with Crippen molar-refractivity contribution in [3.8, 4) is 0 Å². The van der Waals surface area contributed by atoms with Crippen LogP contribution in [0.4, 0.5) is 0 Å². The van der Waals surface area contributed by atoms with Gasteiger partial charge in [0.05, 0.1) is 25.4 Å². The number of hydrogen-bond donors (Lipinski definition) is 6. The summed E-state index contributed by atoms with van der Waals surface area (Å²) >= 11 is 0. The van der Waals surface area contributed by atoms with E-state index in [2.05, 4.69) is 32.2 Å². The van der Waals surface area contributed by atoms with Crippen molar-refractivity contribution < 1.29 is 49.3 Å². The molecule has 6 N–H and O–H groups in total. The van der Waals surface area contributed by atoms with Crippen molar-refractivity contribution >= 4 is 11.9 Å². The number of unbranched alkanes of at least 4 members (excludes halogenated alkanes) is 24. The zero-order chi connectivity index (χ0) is 48.3. The molecule has 0 aromatic heterocycles. The van der Waals surface area contributed by atoms with Gasteiger partial charge >= 0.3 is 5.97 Å². The number of aliphatic hydroxyl groups is 5. The lowest BCUT2D eigenvalue weighted by Gasteiger charge is -2.41. The number of esters is 1. The first-order valence-electron chi connectivity index (χ1n) is 26.6. The Morgan fingerprint density at radius 1 is 0.606 bits per heavy atom. The molecule has 1 amide bonds. The molecule has 1 heterocycles. The van der Waals surface area contributed by atoms with Gasteiger partial charge in [0.2, 0.25) is 5.91 Å². The van der Waals surface area contributed by atoms with E-state index in [1.54, 1.807) is 6.08 Å². The topological polar surface area (TPSA) is 175 Å². The first kappa shape index (κ1) is 61.4. The molecular weight excluding hydrogens is 835 g/mol. The van der Waals surface area contributed by atoms with Crippen LogP contribution in [-0.4, -0.2) is 99.6 Å². The number of nitrogens with one attached hydrogen (secondary N) is 1. The van der Waals surface area contributed by atoms with E-state index in [4.69, 9.17) is 14.2 Å². The molecule has 1 aliphatic rings. The van der Waals surface area contributed by atoms with Gasteiger partial charge in [-0.25, -0.2) is 0 Å². The van der Waals surface area contributed by atoms with Gasteiger partial charge in [-0.2, -0.15) is 0 Å². The second-order valence-electron chi connectivity index (χ2n) is 18.3. The predicted molar refractivity (Wildman–Crippen MR) is 269 cm³/mol. The minimum Gasteiger partial charge on any atom is -0.454 e. The number of carbonyl (C=O) groups excluding carboxylic acids is 2. The Kier molecular flexibility index (Phi) is 40.6. The van der Waals surface area contributed by atoms with Gasteiger partial charge in [0.1, 0.15) is 24.4 Å². The highest BCUT2D eigenvalue weighted by Gasteiger charge is 2.47. The van der Waals surface area contributed by atoms with E-state index < -0.39 is 67.4 Å². The number of carbonyl (C=O) groups is 2. The molecule has 0 radical (unpaired) electrons. The Balaban J connectivity index is 2.81. The highest BCUT2D eigenvalue weighted by Crippen LogP contribution is 2.26. The zero-order valence-electron chi connectivity index (χ0n) is 41.8. The standard InChI is InChI=1S/C55H97NO10/c1-4-7-10-13-16-19-22-25-28-31-34-37-40-43-50(60)66-53-52(62)51(61)49(44-57)65-55(53)64-45-46(47(58)41-38-35-32-29-26-23-20-17-14-11-8-5-2)56-54(63)48(59)42-39-36-33-30-27-24-21-18-15-12-9-6-3/h9,12,15,18,21,24,27,30,38,41,46-49,51-53,55,57-59,61-62H,4-8,10-11,13-14,16-17,19-20,22-23,25-26,28-29,31-37,39-40,42-45H2,1-3H3,(H,56,63)/b12-9+,18-15+,24-21-,30-27-,41-38+. The van der Waals surface area contributed by atoms with Gasteiger partial charge in [-0.3, -0.25) is 9.59 Å². The Labute approximate surface area is 401 Å². The zero-order valence-corrected chi connectivity index (χ0v) is 41.8. The van der Waals surface area contributed by atoms with E-state index in [0.717, 1.165) is 57.8 Å². The van der Waals surface area contributed by atoms with E-state index in [-0.39, 0.29) is 19.4 Å². The summed E-state index contributed by atoms with van der Waals surface area (Å²) in [7, 11) is 0. The maximum Gasteiger partial charge on any atom is 0.306 e. The molecule has 0 spiro atoms. The lowest BCUT2D eigenvalue weighted by Crippen LogP contribution is -2.61. The van der Waals surface area contributed by atoms with Gasteiger partial charge in [0.25, 0.3) is 0 Å². The van der Waals surface area contributed by atoms with Crippen LogP contribution in [0.3, 0.4) is 0 Å². The molecule has 1 saturated heterocycles. The van der Waals surface area contributed by atoms with Crippen LogP contribution >= 0.6 is 0 Å². The van der Waals surface area contributed by atoms with Gasteiger partial charge in [-0.05, 0) is 44.9 Å². The average molecular weight is 932 g/mol. The highest BCUT2D eigenvalue weighted by molar-refractivity contribution is 5.80. The third-order valence-corrected chi connectivity index (χ3v) is 12.3. The first-order chi connectivity index (χ1) is 32.2. The summed E-state index contributed by atoms with van der Waals surface area (Å²) in [5.41, 5.74) is 0. The molecule has 11 nitrogen and oxygen atoms in total. The SMILES string of the molecule is CC/C=C/C=C/C=C\C=C/CCCCC(O)C(=O)NC(COC1OC(CO)C(O)C(O)C1OC(=O)CCCCCCCCCCCCCCC)C(O)/C=C/CCCCCCCCCCCC. The normalized spacial score (nSPS) is 20.6. The largest absolute Gasteiger partial charge is 0.454 e. The molecule has 0 aromatic rings. The number of ether oxygens (including phenoxy) is 3. The molecule has 0 bridgehead atoms. The van der Waals surface area contributed by atoms with Crippen LogP contribution in [0.1, 0.15) is 213 Å². The molecular formula is C55H97NO10. The van der Waals surface area contributed by atoms with Crippen LogP contribution in [-0.2, 0) is 23.8 Å². The molecule has 8 unspecified atom stereocenters. The van der Waals surface area contributed by atoms with Crippen molar-refractivity contribution in [1.82, 2.24) is 5.32 Å². The second-order valence-corrected chi connectivity index (χ2v) is 18.3. The quantitative estimate of drug-likeness (QED) is 0.0149.